The minimum absolute atomic E-state index is 0.141. The van der Waals surface area contributed by atoms with Gasteiger partial charge in [-0.1, -0.05) is 39.5 Å². The zero-order chi connectivity index (χ0) is 16.8. The van der Waals surface area contributed by atoms with Crippen molar-refractivity contribution >= 4 is 11.9 Å². The number of hydrogen-bond acceptors (Lipinski definition) is 6. The number of carbonyl (C=O) groups excluding carboxylic acids is 2. The van der Waals surface area contributed by atoms with E-state index in [0.29, 0.717) is 13.1 Å². The normalized spacial score (nSPS) is 11.5. The third kappa shape index (κ3) is 7.90. The van der Waals surface area contributed by atoms with Gasteiger partial charge < -0.3 is 20.1 Å². The standard InChI is InChI=1S/C16H30N2O4/c1-5-7-9-11-17-13(15(19)21-3)14(16(20)22-4)18-12-10-8-6-2/h17-18H,5-12H2,1-4H3/b14-13-. The number of unbranched alkanes of at least 4 members (excludes halogenated alkanes) is 4. The Morgan fingerprint density at radius 2 is 1.09 bits per heavy atom. The second kappa shape index (κ2) is 13.0. The van der Waals surface area contributed by atoms with Gasteiger partial charge >= 0.3 is 11.9 Å². The fourth-order valence-electron chi connectivity index (χ4n) is 1.91. The largest absolute Gasteiger partial charge is 0.464 e. The molecule has 2 N–H and O–H groups in total. The Labute approximate surface area is 133 Å². The maximum Gasteiger partial charge on any atom is 0.356 e. The highest BCUT2D eigenvalue weighted by Gasteiger charge is 2.22. The zero-order valence-corrected chi connectivity index (χ0v) is 14.3. The number of carbonyl (C=O) groups is 2. The highest BCUT2D eigenvalue weighted by Crippen LogP contribution is 2.05. The fraction of sp³-hybridized carbons (Fsp3) is 0.750. The number of ether oxygens (including phenoxy) is 2. The second-order valence-corrected chi connectivity index (χ2v) is 5.00. The summed E-state index contributed by atoms with van der Waals surface area (Å²) in [5.41, 5.74) is 0.281. The van der Waals surface area contributed by atoms with Gasteiger partial charge in [-0.2, -0.15) is 0 Å². The molecule has 6 heteroatoms. The van der Waals surface area contributed by atoms with Crippen molar-refractivity contribution in [3.8, 4) is 0 Å². The molecule has 0 aliphatic rings. The summed E-state index contributed by atoms with van der Waals surface area (Å²) in [7, 11) is 2.59. The molecule has 0 fully saturated rings. The first-order valence-corrected chi connectivity index (χ1v) is 8.00. The summed E-state index contributed by atoms with van der Waals surface area (Å²) in [6, 6.07) is 0. The maximum atomic E-state index is 11.9. The van der Waals surface area contributed by atoms with E-state index in [0.717, 1.165) is 38.5 Å². The first-order chi connectivity index (χ1) is 10.6. The summed E-state index contributed by atoms with van der Waals surface area (Å²) in [5, 5.41) is 6.01. The molecule has 0 aliphatic heterocycles. The van der Waals surface area contributed by atoms with E-state index in [-0.39, 0.29) is 11.4 Å². The topological polar surface area (TPSA) is 76.7 Å². The smallest absolute Gasteiger partial charge is 0.356 e. The van der Waals surface area contributed by atoms with Crippen molar-refractivity contribution in [3.63, 3.8) is 0 Å². The number of esters is 2. The van der Waals surface area contributed by atoms with Crippen molar-refractivity contribution in [2.45, 2.75) is 52.4 Å². The number of rotatable bonds is 12. The lowest BCUT2D eigenvalue weighted by molar-refractivity contribution is -0.140. The van der Waals surface area contributed by atoms with Gasteiger partial charge in [0.1, 0.15) is 0 Å². The van der Waals surface area contributed by atoms with E-state index in [2.05, 4.69) is 24.5 Å². The van der Waals surface area contributed by atoms with E-state index < -0.39 is 11.9 Å². The Bertz CT molecular complexity index is 333. The molecule has 0 saturated heterocycles. The predicted molar refractivity (Wildman–Crippen MR) is 86.1 cm³/mol. The summed E-state index contributed by atoms with van der Waals surface area (Å²) >= 11 is 0. The van der Waals surface area contributed by atoms with Gasteiger partial charge in [0.2, 0.25) is 0 Å². The van der Waals surface area contributed by atoms with Gasteiger partial charge in [0, 0.05) is 13.1 Å². The third-order valence-electron chi connectivity index (χ3n) is 3.19. The van der Waals surface area contributed by atoms with Crippen LogP contribution in [0.1, 0.15) is 52.4 Å². The first kappa shape index (κ1) is 20.3. The van der Waals surface area contributed by atoms with Crippen molar-refractivity contribution < 1.29 is 19.1 Å². The van der Waals surface area contributed by atoms with Gasteiger partial charge in [-0.15, -0.1) is 0 Å². The Morgan fingerprint density at radius 3 is 1.36 bits per heavy atom. The number of hydrogen-bond donors (Lipinski definition) is 2. The number of methoxy groups -OCH3 is 2. The van der Waals surface area contributed by atoms with E-state index in [1.807, 2.05) is 0 Å². The van der Waals surface area contributed by atoms with Crippen LogP contribution >= 0.6 is 0 Å². The van der Waals surface area contributed by atoms with Crippen LogP contribution in [0.3, 0.4) is 0 Å². The van der Waals surface area contributed by atoms with E-state index >= 15 is 0 Å². The molecule has 0 heterocycles. The van der Waals surface area contributed by atoms with Gasteiger partial charge in [-0.3, -0.25) is 0 Å². The Hall–Kier alpha value is -1.72. The van der Waals surface area contributed by atoms with Crippen molar-refractivity contribution in [2.75, 3.05) is 27.3 Å². The van der Waals surface area contributed by atoms with E-state index in [4.69, 9.17) is 9.47 Å². The molecular weight excluding hydrogens is 284 g/mol. The Morgan fingerprint density at radius 1 is 0.727 bits per heavy atom. The molecule has 0 spiro atoms. The van der Waals surface area contributed by atoms with Crippen LogP contribution in [-0.2, 0) is 19.1 Å². The molecule has 0 aromatic carbocycles. The molecule has 0 atom stereocenters. The number of nitrogens with one attached hydrogen (secondary N) is 2. The van der Waals surface area contributed by atoms with E-state index in [1.54, 1.807) is 0 Å². The monoisotopic (exact) mass is 314 g/mol. The lowest BCUT2D eigenvalue weighted by atomic mass is 10.2. The molecule has 0 aromatic heterocycles. The molecule has 0 rings (SSSR count). The van der Waals surface area contributed by atoms with Crippen LogP contribution in [0.15, 0.2) is 11.4 Å². The van der Waals surface area contributed by atoms with Gasteiger partial charge in [0.25, 0.3) is 0 Å². The highest BCUT2D eigenvalue weighted by molar-refractivity contribution is 5.99. The molecule has 128 valence electrons. The molecule has 0 bridgehead atoms. The van der Waals surface area contributed by atoms with Gasteiger partial charge in [-0.25, -0.2) is 9.59 Å². The van der Waals surface area contributed by atoms with Crippen LogP contribution < -0.4 is 10.6 Å². The molecule has 0 radical (unpaired) electrons. The molecule has 0 unspecified atom stereocenters. The van der Waals surface area contributed by atoms with E-state index in [1.165, 1.54) is 14.2 Å². The Balaban J connectivity index is 5.01. The molecule has 6 nitrogen and oxygen atoms in total. The van der Waals surface area contributed by atoms with Crippen molar-refractivity contribution in [1.29, 1.82) is 0 Å². The third-order valence-corrected chi connectivity index (χ3v) is 3.19. The summed E-state index contributed by atoms with van der Waals surface area (Å²) in [6.45, 7) is 5.42. The molecule has 0 saturated carbocycles. The lowest BCUT2D eigenvalue weighted by Crippen LogP contribution is -2.33. The van der Waals surface area contributed by atoms with Crippen LogP contribution in [-0.4, -0.2) is 39.2 Å². The van der Waals surface area contributed by atoms with Gasteiger partial charge in [0.05, 0.1) is 14.2 Å². The van der Waals surface area contributed by atoms with Crippen molar-refractivity contribution in [1.82, 2.24) is 10.6 Å². The van der Waals surface area contributed by atoms with Gasteiger partial charge in [-0.05, 0) is 12.8 Å². The van der Waals surface area contributed by atoms with Crippen LogP contribution in [0.25, 0.3) is 0 Å². The summed E-state index contributed by atoms with van der Waals surface area (Å²) in [4.78, 5) is 23.9. The molecular formula is C16H30N2O4. The zero-order valence-electron chi connectivity index (χ0n) is 14.3. The average molecular weight is 314 g/mol. The minimum Gasteiger partial charge on any atom is -0.464 e. The average Bonchev–Trinajstić information content (AvgIpc) is 2.54. The van der Waals surface area contributed by atoms with Gasteiger partial charge in [0.15, 0.2) is 11.4 Å². The predicted octanol–water partition coefficient (Wildman–Crippen LogP) is 2.10. The SMILES string of the molecule is CCCCCN/C(C(=O)OC)=C(\NCCCCC)C(=O)OC. The van der Waals surface area contributed by atoms with Crippen LogP contribution in [0.4, 0.5) is 0 Å². The van der Waals surface area contributed by atoms with Crippen molar-refractivity contribution in [2.24, 2.45) is 0 Å². The first-order valence-electron chi connectivity index (χ1n) is 8.00. The summed E-state index contributed by atoms with van der Waals surface area (Å²) in [5.74, 6) is -1.14. The van der Waals surface area contributed by atoms with Crippen LogP contribution in [0.5, 0.6) is 0 Å². The lowest BCUT2D eigenvalue weighted by Gasteiger charge is -2.15. The van der Waals surface area contributed by atoms with Crippen molar-refractivity contribution in [3.05, 3.63) is 11.4 Å². The molecule has 0 aliphatic carbocycles. The summed E-state index contributed by atoms with van der Waals surface area (Å²) in [6.07, 6.45) is 6.11. The maximum absolute atomic E-state index is 11.9. The fourth-order valence-corrected chi connectivity index (χ4v) is 1.91. The minimum atomic E-state index is -0.570. The van der Waals surface area contributed by atoms with Crippen LogP contribution in [0.2, 0.25) is 0 Å². The summed E-state index contributed by atoms with van der Waals surface area (Å²) < 4.78 is 9.53. The second-order valence-electron chi connectivity index (χ2n) is 5.00. The molecule has 0 amide bonds. The Kier molecular flexibility index (Phi) is 12.0. The quantitative estimate of drug-likeness (QED) is 0.326. The molecule has 22 heavy (non-hydrogen) atoms. The van der Waals surface area contributed by atoms with Crippen LogP contribution in [0, 0.1) is 0 Å². The van der Waals surface area contributed by atoms with E-state index in [9.17, 15) is 9.59 Å². The molecule has 0 aromatic rings. The highest BCUT2D eigenvalue weighted by atomic mass is 16.5.